The van der Waals surface area contributed by atoms with E-state index in [-0.39, 0.29) is 6.09 Å². The highest BCUT2D eigenvalue weighted by Crippen LogP contribution is 2.51. The van der Waals surface area contributed by atoms with E-state index < -0.39 is 5.60 Å². The van der Waals surface area contributed by atoms with Crippen LogP contribution in [-0.4, -0.2) is 52.2 Å². The molecule has 146 valence electrons. The number of carbonyl (C=O) groups excluding carboxylic acids is 1. The molecule has 0 unspecified atom stereocenters. The molecule has 1 amide bonds. The van der Waals surface area contributed by atoms with Crippen molar-refractivity contribution in [1.29, 1.82) is 0 Å². The summed E-state index contributed by atoms with van der Waals surface area (Å²) in [5.74, 6) is 1.02. The molecule has 2 aliphatic rings. The van der Waals surface area contributed by atoms with Crippen molar-refractivity contribution in [3.05, 3.63) is 29.8 Å². The molecule has 0 aromatic carbocycles. The van der Waals surface area contributed by atoms with Crippen LogP contribution in [0.4, 0.5) is 10.5 Å². The van der Waals surface area contributed by atoms with Gasteiger partial charge in [-0.2, -0.15) is 0 Å². The van der Waals surface area contributed by atoms with Gasteiger partial charge in [0.2, 0.25) is 0 Å². The summed E-state index contributed by atoms with van der Waals surface area (Å²) >= 11 is 0. The predicted octanol–water partition coefficient (Wildman–Crippen LogP) is 3.79. The lowest BCUT2D eigenvalue weighted by atomic mass is 9.60. The number of hydrogen-bond donors (Lipinski definition) is 0. The van der Waals surface area contributed by atoms with Crippen molar-refractivity contribution in [3.8, 4) is 0 Å². The van der Waals surface area contributed by atoms with Crippen LogP contribution in [0.3, 0.4) is 0 Å². The van der Waals surface area contributed by atoms with E-state index >= 15 is 0 Å². The van der Waals surface area contributed by atoms with E-state index in [1.165, 1.54) is 11.4 Å². The quantitative estimate of drug-likeness (QED) is 0.807. The second-order valence-corrected chi connectivity index (χ2v) is 9.38. The number of imidazole rings is 1. The number of ether oxygens (including phenoxy) is 1. The largest absolute Gasteiger partial charge is 0.444 e. The topological polar surface area (TPSA) is 50.1 Å². The van der Waals surface area contributed by atoms with Crippen LogP contribution in [0, 0.1) is 19.3 Å². The van der Waals surface area contributed by atoms with Crippen LogP contribution in [0.1, 0.15) is 45.1 Å². The summed E-state index contributed by atoms with van der Waals surface area (Å²) in [6.45, 7) is 11.6. The molecule has 2 fully saturated rings. The number of nitrogens with zero attached hydrogens (tertiary/aromatic N) is 4. The number of rotatable bonds is 2. The molecule has 27 heavy (non-hydrogen) atoms. The van der Waals surface area contributed by atoms with Crippen molar-refractivity contribution in [2.75, 3.05) is 25.0 Å². The Kier molecular flexibility index (Phi) is 3.95. The molecule has 0 bridgehead atoms. The van der Waals surface area contributed by atoms with E-state index in [4.69, 9.17) is 4.74 Å². The molecule has 3 heterocycles. The molecule has 1 spiro atoms. The van der Waals surface area contributed by atoms with E-state index in [1.54, 1.807) is 0 Å². The van der Waals surface area contributed by atoms with Crippen LogP contribution in [0.25, 0.3) is 5.52 Å². The van der Waals surface area contributed by atoms with Crippen LogP contribution in [0.15, 0.2) is 18.3 Å². The van der Waals surface area contributed by atoms with Gasteiger partial charge in [-0.15, -0.1) is 0 Å². The molecule has 6 heteroatoms. The fraction of sp³-hybridized carbons (Fsp3) is 0.619. The second-order valence-electron chi connectivity index (χ2n) is 9.38. The standard InChI is InChI=1S/C21H30N4O2/c1-14-18(8-7-16-11-22-15(2)25(14)16)23(6)17-9-21(10-17)12-24(13-21)19(26)27-20(3,4)5/h7-8,11,17H,9-10,12-13H2,1-6H3. The van der Waals surface area contributed by atoms with Gasteiger partial charge in [0.1, 0.15) is 11.4 Å². The van der Waals surface area contributed by atoms with Crippen LogP contribution in [0.5, 0.6) is 0 Å². The number of carbonyl (C=O) groups is 1. The number of likely N-dealkylation sites (tertiary alicyclic amines) is 1. The summed E-state index contributed by atoms with van der Waals surface area (Å²) in [6.07, 6.45) is 4.00. The predicted molar refractivity (Wildman–Crippen MR) is 106 cm³/mol. The molecule has 0 atom stereocenters. The summed E-state index contributed by atoms with van der Waals surface area (Å²) in [6, 6.07) is 4.86. The normalized spacial score (nSPS) is 19.1. The maximum atomic E-state index is 12.2. The number of pyridine rings is 1. The smallest absolute Gasteiger partial charge is 0.410 e. The molecular formula is C21H30N4O2. The van der Waals surface area contributed by atoms with E-state index in [2.05, 4.69) is 40.4 Å². The molecule has 0 radical (unpaired) electrons. The molecule has 2 aromatic rings. The van der Waals surface area contributed by atoms with Crippen LogP contribution >= 0.6 is 0 Å². The van der Waals surface area contributed by atoms with Crippen molar-refractivity contribution in [2.45, 2.75) is 59.1 Å². The number of aryl methyl sites for hydroxylation is 2. The molecule has 2 aromatic heterocycles. The molecular weight excluding hydrogens is 340 g/mol. The fourth-order valence-electron chi connectivity index (χ4n) is 4.68. The first kappa shape index (κ1) is 18.1. The number of amides is 1. The Balaban J connectivity index is 1.39. The van der Waals surface area contributed by atoms with E-state index in [0.29, 0.717) is 11.5 Å². The summed E-state index contributed by atoms with van der Waals surface area (Å²) < 4.78 is 7.69. The molecule has 6 nitrogen and oxygen atoms in total. The minimum atomic E-state index is -0.427. The zero-order chi connectivity index (χ0) is 19.6. The van der Waals surface area contributed by atoms with Gasteiger partial charge in [-0.25, -0.2) is 9.78 Å². The van der Waals surface area contributed by atoms with Gasteiger partial charge in [-0.1, -0.05) is 0 Å². The summed E-state index contributed by atoms with van der Waals surface area (Å²) in [5.41, 5.74) is 3.49. The summed E-state index contributed by atoms with van der Waals surface area (Å²) in [4.78, 5) is 20.8. The van der Waals surface area contributed by atoms with Crippen molar-refractivity contribution < 1.29 is 9.53 Å². The van der Waals surface area contributed by atoms with Gasteiger partial charge in [0.15, 0.2) is 0 Å². The molecule has 1 saturated heterocycles. The molecule has 1 aliphatic heterocycles. The second kappa shape index (κ2) is 5.88. The Hall–Kier alpha value is -2.24. The number of fused-ring (bicyclic) bond motifs is 1. The van der Waals surface area contributed by atoms with Gasteiger partial charge in [-0.3, -0.25) is 4.40 Å². The lowest BCUT2D eigenvalue weighted by molar-refractivity contribution is -0.0774. The minimum absolute atomic E-state index is 0.179. The third kappa shape index (κ3) is 3.05. The maximum Gasteiger partial charge on any atom is 0.410 e. The Morgan fingerprint density at radius 2 is 1.93 bits per heavy atom. The molecule has 4 rings (SSSR count). The average molecular weight is 370 g/mol. The Morgan fingerprint density at radius 1 is 1.26 bits per heavy atom. The zero-order valence-electron chi connectivity index (χ0n) is 17.2. The third-order valence-electron chi connectivity index (χ3n) is 6.05. The lowest BCUT2D eigenvalue weighted by Crippen LogP contribution is -2.67. The number of aromatic nitrogens is 2. The summed E-state index contributed by atoms with van der Waals surface area (Å²) in [5, 5.41) is 0. The number of hydrogen-bond acceptors (Lipinski definition) is 4. The SMILES string of the molecule is Cc1ncc2ccc(N(C)C3CC4(C3)CN(C(=O)OC(C)(C)C)C4)c(C)n12. The fourth-order valence-corrected chi connectivity index (χ4v) is 4.68. The number of anilines is 1. The van der Waals surface area contributed by atoms with Gasteiger partial charge in [0, 0.05) is 37.3 Å². The van der Waals surface area contributed by atoms with Crippen molar-refractivity contribution in [2.24, 2.45) is 5.41 Å². The molecule has 1 saturated carbocycles. The van der Waals surface area contributed by atoms with Gasteiger partial charge in [0.05, 0.1) is 17.4 Å². The van der Waals surface area contributed by atoms with Gasteiger partial charge < -0.3 is 14.5 Å². The zero-order valence-corrected chi connectivity index (χ0v) is 17.2. The first-order valence-electron chi connectivity index (χ1n) is 9.73. The first-order chi connectivity index (χ1) is 12.6. The lowest BCUT2D eigenvalue weighted by Gasteiger charge is -2.60. The summed E-state index contributed by atoms with van der Waals surface area (Å²) in [7, 11) is 2.18. The van der Waals surface area contributed by atoms with E-state index in [9.17, 15) is 4.79 Å². The molecule has 0 N–H and O–H groups in total. The minimum Gasteiger partial charge on any atom is -0.444 e. The van der Waals surface area contributed by atoms with Gasteiger partial charge in [-0.05, 0) is 59.6 Å². The van der Waals surface area contributed by atoms with Crippen LogP contribution < -0.4 is 4.90 Å². The van der Waals surface area contributed by atoms with E-state index in [1.807, 2.05) is 38.8 Å². The Morgan fingerprint density at radius 3 is 2.56 bits per heavy atom. The molecule has 1 aliphatic carbocycles. The van der Waals surface area contributed by atoms with E-state index in [0.717, 1.165) is 37.3 Å². The third-order valence-corrected chi connectivity index (χ3v) is 6.05. The van der Waals surface area contributed by atoms with Gasteiger partial charge >= 0.3 is 6.09 Å². The Labute approximate surface area is 161 Å². The van der Waals surface area contributed by atoms with Crippen LogP contribution in [0.2, 0.25) is 0 Å². The monoisotopic (exact) mass is 370 g/mol. The van der Waals surface area contributed by atoms with Gasteiger partial charge in [0.25, 0.3) is 0 Å². The highest BCUT2D eigenvalue weighted by molar-refractivity contribution is 5.69. The van der Waals surface area contributed by atoms with Crippen molar-refractivity contribution in [3.63, 3.8) is 0 Å². The average Bonchev–Trinajstić information content (AvgIpc) is 2.85. The highest BCUT2D eigenvalue weighted by atomic mass is 16.6. The van der Waals surface area contributed by atoms with Crippen molar-refractivity contribution >= 4 is 17.3 Å². The highest BCUT2D eigenvalue weighted by Gasteiger charge is 2.55. The first-order valence-corrected chi connectivity index (χ1v) is 9.73. The Bertz CT molecular complexity index is 881. The van der Waals surface area contributed by atoms with Crippen LogP contribution in [-0.2, 0) is 4.74 Å². The maximum absolute atomic E-state index is 12.2. The van der Waals surface area contributed by atoms with Crippen molar-refractivity contribution in [1.82, 2.24) is 14.3 Å².